The summed E-state index contributed by atoms with van der Waals surface area (Å²) in [4.78, 5) is 0.997. The number of rotatable bonds is 2. The highest BCUT2D eigenvalue weighted by atomic mass is 35.5. The molecule has 0 spiro atoms. The maximum atomic E-state index is 13.1. The highest BCUT2D eigenvalue weighted by Gasteiger charge is 2.11. The van der Waals surface area contributed by atoms with Crippen LogP contribution in [0.4, 0.5) is 4.39 Å². The standard InChI is InChI=1S/C11H9ClFNS/c12-8-4-7(5-9(13)6-8)11(14)10-2-1-3-15-10/h1-6,11H,14H2/t11-/m1/s1. The third kappa shape index (κ3) is 2.37. The molecule has 0 amide bonds. The molecule has 2 rings (SSSR count). The summed E-state index contributed by atoms with van der Waals surface area (Å²) in [7, 11) is 0. The Morgan fingerprint density at radius 2 is 2.13 bits per heavy atom. The van der Waals surface area contributed by atoms with Crippen molar-refractivity contribution in [2.45, 2.75) is 6.04 Å². The predicted octanol–water partition coefficient (Wildman–Crippen LogP) is 3.59. The Bertz CT molecular complexity index is 435. The summed E-state index contributed by atoms with van der Waals surface area (Å²) < 4.78 is 13.1. The van der Waals surface area contributed by atoms with Crippen molar-refractivity contribution >= 4 is 22.9 Å². The summed E-state index contributed by atoms with van der Waals surface area (Å²) in [5.41, 5.74) is 6.68. The molecule has 0 unspecified atom stereocenters. The van der Waals surface area contributed by atoms with Gasteiger partial charge in [0.15, 0.2) is 0 Å². The molecule has 1 aromatic carbocycles. The van der Waals surface area contributed by atoms with E-state index in [1.54, 1.807) is 17.4 Å². The maximum absolute atomic E-state index is 13.1. The number of nitrogens with two attached hydrogens (primary N) is 1. The van der Waals surface area contributed by atoms with Crippen LogP contribution in [0.25, 0.3) is 0 Å². The Hall–Kier alpha value is -0.900. The number of halogens is 2. The van der Waals surface area contributed by atoms with Gasteiger partial charge < -0.3 is 5.73 Å². The first kappa shape index (κ1) is 10.6. The molecule has 15 heavy (non-hydrogen) atoms. The van der Waals surface area contributed by atoms with Crippen molar-refractivity contribution in [1.82, 2.24) is 0 Å². The van der Waals surface area contributed by atoms with Gasteiger partial charge in [0.05, 0.1) is 6.04 Å². The van der Waals surface area contributed by atoms with Crippen molar-refractivity contribution in [3.05, 3.63) is 57.0 Å². The number of hydrogen-bond acceptors (Lipinski definition) is 2. The molecule has 2 N–H and O–H groups in total. The van der Waals surface area contributed by atoms with Crippen LogP contribution in [0, 0.1) is 5.82 Å². The number of thiophene rings is 1. The van der Waals surface area contributed by atoms with Gasteiger partial charge in [0.2, 0.25) is 0 Å². The van der Waals surface area contributed by atoms with Crippen LogP contribution in [0.1, 0.15) is 16.5 Å². The van der Waals surface area contributed by atoms with Crippen LogP contribution >= 0.6 is 22.9 Å². The first-order valence-electron chi connectivity index (χ1n) is 4.42. The Kier molecular flexibility index (Phi) is 3.05. The van der Waals surface area contributed by atoms with Crippen LogP contribution in [-0.4, -0.2) is 0 Å². The molecule has 0 aliphatic rings. The van der Waals surface area contributed by atoms with Crippen molar-refractivity contribution in [1.29, 1.82) is 0 Å². The van der Waals surface area contributed by atoms with E-state index >= 15 is 0 Å². The van der Waals surface area contributed by atoms with Gasteiger partial charge in [0.25, 0.3) is 0 Å². The molecule has 1 aromatic heterocycles. The second kappa shape index (κ2) is 4.31. The summed E-state index contributed by atoms with van der Waals surface area (Å²) in [6, 6.07) is 7.91. The van der Waals surface area contributed by atoms with E-state index in [4.69, 9.17) is 17.3 Å². The van der Waals surface area contributed by atoms with Crippen LogP contribution in [0.15, 0.2) is 35.7 Å². The molecule has 0 radical (unpaired) electrons. The van der Waals surface area contributed by atoms with Gasteiger partial charge in [-0.15, -0.1) is 11.3 Å². The van der Waals surface area contributed by atoms with E-state index in [1.165, 1.54) is 12.1 Å². The summed E-state index contributed by atoms with van der Waals surface area (Å²) >= 11 is 7.31. The topological polar surface area (TPSA) is 26.0 Å². The molecule has 1 heterocycles. The van der Waals surface area contributed by atoms with Gasteiger partial charge in [0, 0.05) is 9.90 Å². The van der Waals surface area contributed by atoms with Gasteiger partial charge in [-0.25, -0.2) is 4.39 Å². The average molecular weight is 242 g/mol. The largest absolute Gasteiger partial charge is 0.320 e. The van der Waals surface area contributed by atoms with Gasteiger partial charge in [-0.1, -0.05) is 17.7 Å². The van der Waals surface area contributed by atoms with Gasteiger partial charge in [-0.3, -0.25) is 0 Å². The summed E-state index contributed by atoms with van der Waals surface area (Å²) in [5.74, 6) is -0.357. The SMILES string of the molecule is N[C@H](c1cc(F)cc(Cl)c1)c1cccs1. The lowest BCUT2D eigenvalue weighted by molar-refractivity contribution is 0.624. The molecule has 0 bridgehead atoms. The molecule has 2 aromatic rings. The van der Waals surface area contributed by atoms with E-state index in [-0.39, 0.29) is 11.9 Å². The first-order valence-corrected chi connectivity index (χ1v) is 5.67. The number of hydrogen-bond donors (Lipinski definition) is 1. The molecule has 1 atom stereocenters. The first-order chi connectivity index (χ1) is 7.16. The molecule has 4 heteroatoms. The van der Waals surface area contributed by atoms with Crippen LogP contribution in [0.2, 0.25) is 5.02 Å². The predicted molar refractivity (Wildman–Crippen MR) is 61.8 cm³/mol. The Balaban J connectivity index is 2.37. The Labute approximate surface area is 96.3 Å². The molecule has 78 valence electrons. The van der Waals surface area contributed by atoms with E-state index in [9.17, 15) is 4.39 Å². The molecule has 0 saturated heterocycles. The van der Waals surface area contributed by atoms with Crippen molar-refractivity contribution < 1.29 is 4.39 Å². The van der Waals surface area contributed by atoms with Crippen LogP contribution in [0.3, 0.4) is 0 Å². The van der Waals surface area contributed by atoms with Crippen molar-refractivity contribution in [3.8, 4) is 0 Å². The Morgan fingerprint density at radius 1 is 1.33 bits per heavy atom. The molecule has 0 aliphatic carbocycles. The highest BCUT2D eigenvalue weighted by Crippen LogP contribution is 2.26. The van der Waals surface area contributed by atoms with Gasteiger partial charge in [0.1, 0.15) is 5.82 Å². The highest BCUT2D eigenvalue weighted by molar-refractivity contribution is 7.10. The lowest BCUT2D eigenvalue weighted by Gasteiger charge is -2.10. The minimum Gasteiger partial charge on any atom is -0.320 e. The third-order valence-corrected chi connectivity index (χ3v) is 3.27. The second-order valence-corrected chi connectivity index (χ2v) is 4.61. The average Bonchev–Trinajstić information content (AvgIpc) is 2.67. The molecule has 0 saturated carbocycles. The molecule has 1 nitrogen and oxygen atoms in total. The second-order valence-electron chi connectivity index (χ2n) is 3.20. The van der Waals surface area contributed by atoms with E-state index in [0.29, 0.717) is 10.6 Å². The normalized spacial score (nSPS) is 12.7. The van der Waals surface area contributed by atoms with Crippen molar-refractivity contribution in [2.75, 3.05) is 0 Å². The third-order valence-electron chi connectivity index (χ3n) is 2.09. The van der Waals surface area contributed by atoms with Gasteiger partial charge in [-0.05, 0) is 35.2 Å². The Morgan fingerprint density at radius 3 is 2.73 bits per heavy atom. The van der Waals surface area contributed by atoms with Crippen molar-refractivity contribution in [3.63, 3.8) is 0 Å². The molecular weight excluding hydrogens is 233 g/mol. The molecule has 0 aliphatic heterocycles. The number of benzene rings is 1. The van der Waals surface area contributed by atoms with E-state index in [1.807, 2.05) is 17.5 Å². The summed E-state index contributed by atoms with van der Waals surface area (Å²) in [5, 5.41) is 2.31. The minimum absolute atomic E-state index is 0.307. The summed E-state index contributed by atoms with van der Waals surface area (Å²) in [6.07, 6.45) is 0. The van der Waals surface area contributed by atoms with E-state index in [0.717, 1.165) is 4.88 Å². The van der Waals surface area contributed by atoms with Crippen LogP contribution in [0.5, 0.6) is 0 Å². The van der Waals surface area contributed by atoms with Crippen LogP contribution in [-0.2, 0) is 0 Å². The minimum atomic E-state index is -0.357. The summed E-state index contributed by atoms with van der Waals surface area (Å²) in [6.45, 7) is 0. The van der Waals surface area contributed by atoms with Gasteiger partial charge >= 0.3 is 0 Å². The fourth-order valence-corrected chi connectivity index (χ4v) is 2.37. The van der Waals surface area contributed by atoms with E-state index in [2.05, 4.69) is 0 Å². The lowest BCUT2D eigenvalue weighted by Crippen LogP contribution is -2.10. The smallest absolute Gasteiger partial charge is 0.125 e. The maximum Gasteiger partial charge on any atom is 0.125 e. The zero-order valence-electron chi connectivity index (χ0n) is 7.78. The zero-order chi connectivity index (χ0) is 10.8. The monoisotopic (exact) mass is 241 g/mol. The zero-order valence-corrected chi connectivity index (χ0v) is 9.36. The van der Waals surface area contributed by atoms with E-state index < -0.39 is 0 Å². The lowest BCUT2D eigenvalue weighted by atomic mass is 10.1. The van der Waals surface area contributed by atoms with Crippen molar-refractivity contribution in [2.24, 2.45) is 5.73 Å². The molecule has 0 fully saturated rings. The quantitative estimate of drug-likeness (QED) is 0.855. The van der Waals surface area contributed by atoms with Gasteiger partial charge in [-0.2, -0.15) is 0 Å². The fraction of sp³-hybridized carbons (Fsp3) is 0.0909. The molecular formula is C11H9ClFNS. The fourth-order valence-electron chi connectivity index (χ4n) is 1.39. The van der Waals surface area contributed by atoms with Crippen LogP contribution < -0.4 is 5.73 Å².